The molecule has 10 aromatic rings. The van der Waals surface area contributed by atoms with Crippen LogP contribution >= 0.6 is 0 Å². The molecule has 0 unspecified atom stereocenters. The maximum atomic E-state index is 5.14. The lowest BCUT2D eigenvalue weighted by atomic mass is 9.92. The molecule has 0 aliphatic rings. The molecule has 0 spiro atoms. The van der Waals surface area contributed by atoms with Gasteiger partial charge in [-0.1, -0.05) is 158 Å². The van der Waals surface area contributed by atoms with Crippen LogP contribution in [-0.2, 0) is 0 Å². The molecule has 0 aliphatic carbocycles. The van der Waals surface area contributed by atoms with Gasteiger partial charge in [0.05, 0.1) is 16.9 Å². The summed E-state index contributed by atoms with van der Waals surface area (Å²) in [4.78, 5) is 14.8. The van der Waals surface area contributed by atoms with Crippen molar-refractivity contribution in [1.29, 1.82) is 0 Å². The van der Waals surface area contributed by atoms with E-state index >= 15 is 0 Å². The van der Waals surface area contributed by atoms with Gasteiger partial charge < -0.3 is 0 Å². The highest BCUT2D eigenvalue weighted by molar-refractivity contribution is 6.25. The van der Waals surface area contributed by atoms with E-state index in [9.17, 15) is 0 Å². The summed E-state index contributed by atoms with van der Waals surface area (Å²) in [5.74, 6) is 0.695. The van der Waals surface area contributed by atoms with Gasteiger partial charge in [0.15, 0.2) is 5.82 Å². The number of aromatic nitrogens is 3. The molecule has 52 heavy (non-hydrogen) atoms. The van der Waals surface area contributed by atoms with E-state index in [-0.39, 0.29) is 0 Å². The molecule has 3 heteroatoms. The first-order chi connectivity index (χ1) is 25.8. The molecule has 8 aromatic carbocycles. The SMILES string of the molecule is c1ccc(-c2cc(-c3ccc(-c4ccc5c6ccccc6c6ccccc6c5c4)cc3)nc(-c3ccc(-c4ccnc5ccccc45)cc3)n2)cc1. The van der Waals surface area contributed by atoms with Gasteiger partial charge in [0.2, 0.25) is 0 Å². The van der Waals surface area contributed by atoms with Crippen molar-refractivity contribution in [3.63, 3.8) is 0 Å². The Morgan fingerprint density at radius 3 is 1.44 bits per heavy atom. The summed E-state index contributed by atoms with van der Waals surface area (Å²) in [6.07, 6.45) is 1.87. The zero-order chi connectivity index (χ0) is 34.4. The molecule has 0 bridgehead atoms. The van der Waals surface area contributed by atoms with Crippen LogP contribution in [0, 0.1) is 0 Å². The van der Waals surface area contributed by atoms with Gasteiger partial charge in [-0.05, 0) is 78.8 Å². The Morgan fingerprint density at radius 2 is 0.769 bits per heavy atom. The highest BCUT2D eigenvalue weighted by Gasteiger charge is 2.13. The molecule has 0 amide bonds. The predicted octanol–water partition coefficient (Wildman–Crippen LogP) is 12.8. The average molecular weight is 662 g/mol. The molecule has 0 atom stereocenters. The molecule has 0 saturated heterocycles. The first-order valence-corrected chi connectivity index (χ1v) is 17.6. The van der Waals surface area contributed by atoms with Crippen molar-refractivity contribution in [3.05, 3.63) is 188 Å². The number of pyridine rings is 1. The van der Waals surface area contributed by atoms with Crippen LogP contribution in [0.25, 0.3) is 99.4 Å². The molecule has 3 nitrogen and oxygen atoms in total. The zero-order valence-electron chi connectivity index (χ0n) is 28.2. The normalized spacial score (nSPS) is 11.5. The summed E-state index contributed by atoms with van der Waals surface area (Å²) in [6, 6.07) is 64.4. The topological polar surface area (TPSA) is 38.7 Å². The molecule has 0 N–H and O–H groups in total. The number of rotatable bonds is 5. The summed E-state index contributed by atoms with van der Waals surface area (Å²) in [5, 5.41) is 8.82. The van der Waals surface area contributed by atoms with Crippen LogP contribution in [0.4, 0.5) is 0 Å². The first-order valence-electron chi connectivity index (χ1n) is 17.6. The maximum absolute atomic E-state index is 5.14. The van der Waals surface area contributed by atoms with Crippen molar-refractivity contribution in [2.75, 3.05) is 0 Å². The van der Waals surface area contributed by atoms with E-state index in [1.807, 2.05) is 18.3 Å². The number of hydrogen-bond donors (Lipinski definition) is 0. The Bertz CT molecular complexity index is 2890. The Morgan fingerprint density at radius 1 is 0.288 bits per heavy atom. The zero-order valence-corrected chi connectivity index (χ0v) is 28.2. The second kappa shape index (κ2) is 12.4. The summed E-state index contributed by atoms with van der Waals surface area (Å²) in [6.45, 7) is 0. The summed E-state index contributed by atoms with van der Waals surface area (Å²) >= 11 is 0. The van der Waals surface area contributed by atoms with Gasteiger partial charge in [-0.3, -0.25) is 4.98 Å². The van der Waals surface area contributed by atoms with E-state index in [1.54, 1.807) is 0 Å². The highest BCUT2D eigenvalue weighted by Crippen LogP contribution is 2.38. The summed E-state index contributed by atoms with van der Waals surface area (Å²) in [5.41, 5.74) is 10.5. The van der Waals surface area contributed by atoms with Crippen LogP contribution in [0.15, 0.2) is 188 Å². The van der Waals surface area contributed by atoms with Crippen molar-refractivity contribution in [2.24, 2.45) is 0 Å². The fraction of sp³-hybridized carbons (Fsp3) is 0. The van der Waals surface area contributed by atoms with Crippen LogP contribution in [0.5, 0.6) is 0 Å². The van der Waals surface area contributed by atoms with Gasteiger partial charge in [-0.15, -0.1) is 0 Å². The minimum atomic E-state index is 0.695. The summed E-state index contributed by atoms with van der Waals surface area (Å²) < 4.78 is 0. The van der Waals surface area contributed by atoms with E-state index in [2.05, 4.69) is 175 Å². The van der Waals surface area contributed by atoms with Gasteiger partial charge in [0, 0.05) is 28.3 Å². The maximum Gasteiger partial charge on any atom is 0.160 e. The molecule has 0 saturated carbocycles. The van der Waals surface area contributed by atoms with Gasteiger partial charge in [0.25, 0.3) is 0 Å². The fourth-order valence-corrected chi connectivity index (χ4v) is 7.55. The Kier molecular flexibility index (Phi) is 7.14. The molecule has 10 rings (SSSR count). The van der Waals surface area contributed by atoms with Crippen LogP contribution in [0.3, 0.4) is 0 Å². The smallest absolute Gasteiger partial charge is 0.160 e. The number of benzene rings is 8. The Hall–Kier alpha value is -6.97. The van der Waals surface area contributed by atoms with Crippen LogP contribution in [0.1, 0.15) is 0 Å². The minimum Gasteiger partial charge on any atom is -0.256 e. The van der Waals surface area contributed by atoms with Gasteiger partial charge >= 0.3 is 0 Å². The van der Waals surface area contributed by atoms with Crippen LogP contribution in [0.2, 0.25) is 0 Å². The van der Waals surface area contributed by atoms with Crippen molar-refractivity contribution in [3.8, 4) is 56.2 Å². The third-order valence-electron chi connectivity index (χ3n) is 10.2. The van der Waals surface area contributed by atoms with Gasteiger partial charge in [-0.2, -0.15) is 0 Å². The van der Waals surface area contributed by atoms with E-state index in [4.69, 9.17) is 9.97 Å². The fourth-order valence-electron chi connectivity index (χ4n) is 7.55. The van der Waals surface area contributed by atoms with Gasteiger partial charge in [0.1, 0.15) is 0 Å². The molecule has 2 aromatic heterocycles. The lowest BCUT2D eigenvalue weighted by Gasteiger charge is -2.13. The molecule has 0 radical (unpaired) electrons. The van der Waals surface area contributed by atoms with Crippen molar-refractivity contribution in [1.82, 2.24) is 15.0 Å². The van der Waals surface area contributed by atoms with E-state index in [1.165, 1.54) is 43.4 Å². The monoisotopic (exact) mass is 661 g/mol. The number of hydrogen-bond acceptors (Lipinski definition) is 3. The minimum absolute atomic E-state index is 0.695. The van der Waals surface area contributed by atoms with Crippen molar-refractivity contribution >= 4 is 43.2 Å². The number of para-hydroxylation sites is 1. The number of nitrogens with zero attached hydrogens (tertiary/aromatic N) is 3. The third-order valence-corrected chi connectivity index (χ3v) is 10.2. The molecule has 0 fully saturated rings. The Balaban J connectivity index is 1.04. The second-order valence-corrected chi connectivity index (χ2v) is 13.2. The van der Waals surface area contributed by atoms with E-state index < -0.39 is 0 Å². The molecule has 0 aliphatic heterocycles. The highest BCUT2D eigenvalue weighted by atomic mass is 14.9. The lowest BCUT2D eigenvalue weighted by Crippen LogP contribution is -1.96. The molecular formula is C49H31N3. The quantitative estimate of drug-likeness (QED) is 0.172. The molecule has 242 valence electrons. The molecule has 2 heterocycles. The van der Waals surface area contributed by atoms with E-state index in [0.717, 1.165) is 50.1 Å². The summed E-state index contributed by atoms with van der Waals surface area (Å²) in [7, 11) is 0. The third kappa shape index (κ3) is 5.19. The van der Waals surface area contributed by atoms with Gasteiger partial charge in [-0.25, -0.2) is 9.97 Å². The largest absolute Gasteiger partial charge is 0.256 e. The standard InChI is InChI=1S/C49H31N3/c1-2-10-34(11-3-1)47-31-48(52-49(51-47)36-24-20-33(21-25-36)38-28-29-50-46-17-9-8-16-44(38)46)35-22-18-32(19-23-35)37-26-27-43-41-14-5-4-12-39(41)40-13-6-7-15-42(40)45(43)30-37/h1-31H. The van der Waals surface area contributed by atoms with E-state index in [0.29, 0.717) is 5.82 Å². The van der Waals surface area contributed by atoms with Crippen LogP contribution < -0.4 is 0 Å². The lowest BCUT2D eigenvalue weighted by molar-refractivity contribution is 1.18. The average Bonchev–Trinajstić information content (AvgIpc) is 3.23. The second-order valence-electron chi connectivity index (χ2n) is 13.2. The van der Waals surface area contributed by atoms with Crippen molar-refractivity contribution in [2.45, 2.75) is 0 Å². The first kappa shape index (κ1) is 29.9. The van der Waals surface area contributed by atoms with Crippen molar-refractivity contribution < 1.29 is 0 Å². The Labute approximate surface area is 301 Å². The molecular weight excluding hydrogens is 631 g/mol. The van der Waals surface area contributed by atoms with Crippen LogP contribution in [-0.4, -0.2) is 15.0 Å². The number of fused-ring (bicyclic) bond motifs is 7. The predicted molar refractivity (Wildman–Crippen MR) is 217 cm³/mol.